The van der Waals surface area contributed by atoms with E-state index in [1.165, 1.54) is 19.0 Å². The fraction of sp³-hybridized carbons (Fsp3) is 0.429. The summed E-state index contributed by atoms with van der Waals surface area (Å²) < 4.78 is 0. The van der Waals surface area contributed by atoms with Crippen molar-refractivity contribution in [3.05, 3.63) is 0 Å². The highest BCUT2D eigenvalue weighted by atomic mass is 79.9. The molecule has 0 heterocycles. The molecule has 0 rings (SSSR count). The van der Waals surface area contributed by atoms with E-state index in [1.54, 1.807) is 0 Å². The van der Waals surface area contributed by atoms with E-state index in [1.807, 2.05) is 0 Å². The van der Waals surface area contributed by atoms with Gasteiger partial charge in [-0.25, -0.2) is 0 Å². The van der Waals surface area contributed by atoms with Crippen molar-refractivity contribution in [2.45, 2.75) is 0 Å². The van der Waals surface area contributed by atoms with E-state index >= 15 is 0 Å². The van der Waals surface area contributed by atoms with Crippen LogP contribution in [0.5, 0.6) is 0 Å². The molecule has 0 fully saturated rings. The van der Waals surface area contributed by atoms with Gasteiger partial charge in [0.15, 0.2) is 0 Å². The molecule has 0 aliphatic heterocycles. The first kappa shape index (κ1) is 11.0. The first-order valence-corrected chi connectivity index (χ1v) is 3.98. The van der Waals surface area contributed by atoms with Crippen molar-refractivity contribution in [2.24, 2.45) is 0 Å². The standard InChI is InChI=1S/C7H9BrN2O2/c1-9-6(11)5-10(2)7(12)3-4-8/h5H2,1-2H3,(H,9,11). The van der Waals surface area contributed by atoms with E-state index in [-0.39, 0.29) is 12.5 Å². The van der Waals surface area contributed by atoms with Gasteiger partial charge in [0, 0.05) is 35.9 Å². The number of likely N-dealkylation sites (N-methyl/N-ethyl adjacent to an activating group) is 2. The SMILES string of the molecule is CNC(=O)CN(C)C(=O)C#CBr. The molecule has 5 heteroatoms. The Morgan fingerprint density at radius 3 is 2.58 bits per heavy atom. The van der Waals surface area contributed by atoms with E-state index in [2.05, 4.69) is 32.0 Å². The van der Waals surface area contributed by atoms with E-state index < -0.39 is 5.91 Å². The van der Waals surface area contributed by atoms with Gasteiger partial charge in [-0.3, -0.25) is 9.59 Å². The summed E-state index contributed by atoms with van der Waals surface area (Å²) in [7, 11) is 3.02. The van der Waals surface area contributed by atoms with Crippen molar-refractivity contribution in [3.63, 3.8) is 0 Å². The van der Waals surface area contributed by atoms with Gasteiger partial charge in [-0.2, -0.15) is 0 Å². The van der Waals surface area contributed by atoms with Crippen molar-refractivity contribution < 1.29 is 9.59 Å². The molecule has 0 aromatic heterocycles. The molecule has 0 aliphatic carbocycles. The highest BCUT2D eigenvalue weighted by molar-refractivity contribution is 9.12. The number of rotatable bonds is 2. The number of amides is 2. The second-order valence-electron chi connectivity index (χ2n) is 2.05. The second-order valence-corrected chi connectivity index (χ2v) is 2.45. The summed E-state index contributed by atoms with van der Waals surface area (Å²) >= 11 is 2.79. The van der Waals surface area contributed by atoms with Crippen LogP contribution >= 0.6 is 15.9 Å². The number of halogens is 1. The third kappa shape index (κ3) is 3.98. The van der Waals surface area contributed by atoms with Crippen LogP contribution in [0.4, 0.5) is 0 Å². The largest absolute Gasteiger partial charge is 0.358 e. The predicted octanol–water partition coefficient (Wildman–Crippen LogP) is -0.453. The minimum Gasteiger partial charge on any atom is -0.358 e. The van der Waals surface area contributed by atoms with Crippen LogP contribution in [0.2, 0.25) is 0 Å². The van der Waals surface area contributed by atoms with Gasteiger partial charge < -0.3 is 10.2 Å². The summed E-state index contributed by atoms with van der Waals surface area (Å²) in [6.45, 7) is 0.0248. The molecule has 0 unspecified atom stereocenters. The molecule has 66 valence electrons. The van der Waals surface area contributed by atoms with Gasteiger partial charge in [-0.05, 0) is 4.83 Å². The van der Waals surface area contributed by atoms with Crippen LogP contribution in [-0.4, -0.2) is 37.4 Å². The zero-order valence-electron chi connectivity index (χ0n) is 6.85. The van der Waals surface area contributed by atoms with Gasteiger partial charge in [0.05, 0.1) is 0 Å². The Hall–Kier alpha value is -1.02. The lowest BCUT2D eigenvalue weighted by atomic mass is 10.5. The van der Waals surface area contributed by atoms with Crippen molar-refractivity contribution in [3.8, 4) is 10.8 Å². The monoisotopic (exact) mass is 232 g/mol. The molecular formula is C7H9BrN2O2. The Bertz CT molecular complexity index is 242. The molecule has 0 aromatic carbocycles. The zero-order valence-corrected chi connectivity index (χ0v) is 8.43. The summed E-state index contributed by atoms with van der Waals surface area (Å²) in [6.07, 6.45) is 0. The summed E-state index contributed by atoms with van der Waals surface area (Å²) in [5.41, 5.74) is 0. The van der Waals surface area contributed by atoms with Crippen LogP contribution in [-0.2, 0) is 9.59 Å². The lowest BCUT2D eigenvalue weighted by Gasteiger charge is -2.11. The summed E-state index contributed by atoms with van der Waals surface area (Å²) in [5.74, 6) is 1.64. The predicted molar refractivity (Wildman–Crippen MR) is 48.4 cm³/mol. The Morgan fingerprint density at radius 2 is 2.17 bits per heavy atom. The van der Waals surface area contributed by atoms with Crippen molar-refractivity contribution in [2.75, 3.05) is 20.6 Å². The average Bonchev–Trinajstić information content (AvgIpc) is 2.04. The zero-order chi connectivity index (χ0) is 9.56. The highest BCUT2D eigenvalue weighted by Gasteiger charge is 2.08. The van der Waals surface area contributed by atoms with Gasteiger partial charge in [0.25, 0.3) is 5.91 Å². The molecule has 0 aliphatic rings. The number of nitrogens with one attached hydrogen (secondary N) is 1. The van der Waals surface area contributed by atoms with Gasteiger partial charge >= 0.3 is 0 Å². The maximum Gasteiger partial charge on any atom is 0.299 e. The van der Waals surface area contributed by atoms with Crippen LogP contribution in [0.25, 0.3) is 0 Å². The van der Waals surface area contributed by atoms with Gasteiger partial charge in [-0.1, -0.05) is 0 Å². The van der Waals surface area contributed by atoms with E-state index in [9.17, 15) is 9.59 Å². The van der Waals surface area contributed by atoms with Crippen LogP contribution in [0.3, 0.4) is 0 Å². The highest BCUT2D eigenvalue weighted by Crippen LogP contribution is 1.83. The second kappa shape index (κ2) is 5.61. The van der Waals surface area contributed by atoms with Crippen molar-refractivity contribution >= 4 is 27.7 Å². The number of hydrogen-bond acceptors (Lipinski definition) is 2. The van der Waals surface area contributed by atoms with Crippen LogP contribution < -0.4 is 5.32 Å². The topological polar surface area (TPSA) is 49.4 Å². The molecule has 0 radical (unpaired) electrons. The third-order valence-electron chi connectivity index (χ3n) is 1.16. The number of nitrogens with zero attached hydrogens (tertiary/aromatic N) is 1. The smallest absolute Gasteiger partial charge is 0.299 e. The van der Waals surface area contributed by atoms with Gasteiger partial charge in [-0.15, -0.1) is 0 Å². The minimum absolute atomic E-state index is 0.0248. The summed E-state index contributed by atoms with van der Waals surface area (Å²) in [6, 6.07) is 0. The number of carbonyl (C=O) groups is 2. The molecule has 0 bridgehead atoms. The molecule has 0 aromatic rings. The molecule has 0 spiro atoms. The maximum absolute atomic E-state index is 10.9. The number of hydrogen-bond donors (Lipinski definition) is 1. The molecule has 2 amide bonds. The Morgan fingerprint density at radius 1 is 1.58 bits per heavy atom. The Labute approximate surface area is 79.4 Å². The van der Waals surface area contributed by atoms with E-state index in [4.69, 9.17) is 0 Å². The first-order valence-electron chi connectivity index (χ1n) is 3.19. The molecular weight excluding hydrogens is 224 g/mol. The van der Waals surface area contributed by atoms with Crippen LogP contribution in [0, 0.1) is 10.8 Å². The van der Waals surface area contributed by atoms with E-state index in [0.717, 1.165) is 0 Å². The normalized spacial score (nSPS) is 7.92. The quantitative estimate of drug-likeness (QED) is 0.656. The average molecular weight is 233 g/mol. The van der Waals surface area contributed by atoms with Gasteiger partial charge in [0.2, 0.25) is 5.91 Å². The number of carbonyl (C=O) groups excluding carboxylic acids is 2. The molecule has 4 nitrogen and oxygen atoms in total. The minimum atomic E-state index is -0.393. The van der Waals surface area contributed by atoms with Crippen molar-refractivity contribution in [1.82, 2.24) is 10.2 Å². The lowest BCUT2D eigenvalue weighted by Crippen LogP contribution is -2.36. The molecule has 0 saturated heterocycles. The summed E-state index contributed by atoms with van der Waals surface area (Å²) in [4.78, 5) is 25.2. The third-order valence-corrected chi connectivity index (χ3v) is 1.36. The van der Waals surface area contributed by atoms with Crippen LogP contribution in [0.1, 0.15) is 0 Å². The lowest BCUT2D eigenvalue weighted by molar-refractivity contribution is -0.130. The molecule has 0 saturated carbocycles. The van der Waals surface area contributed by atoms with Crippen molar-refractivity contribution in [1.29, 1.82) is 0 Å². The van der Waals surface area contributed by atoms with Gasteiger partial charge in [0.1, 0.15) is 6.54 Å². The van der Waals surface area contributed by atoms with Crippen LogP contribution in [0.15, 0.2) is 0 Å². The Balaban J connectivity index is 4.01. The molecule has 1 N–H and O–H groups in total. The van der Waals surface area contributed by atoms with E-state index in [0.29, 0.717) is 0 Å². The molecule has 12 heavy (non-hydrogen) atoms. The maximum atomic E-state index is 10.9. The first-order chi connectivity index (χ1) is 5.61. The summed E-state index contributed by atoms with van der Waals surface area (Å²) in [5, 5.41) is 2.40. The fourth-order valence-electron chi connectivity index (χ4n) is 0.502. The Kier molecular flexibility index (Phi) is 5.13. The fourth-order valence-corrected chi connectivity index (χ4v) is 0.672. The molecule has 0 atom stereocenters.